The zero-order chi connectivity index (χ0) is 13.8. The van der Waals surface area contributed by atoms with Gasteiger partial charge in [-0.1, -0.05) is 19.3 Å². The van der Waals surface area contributed by atoms with Crippen LogP contribution in [0.5, 0.6) is 0 Å². The van der Waals surface area contributed by atoms with Gasteiger partial charge in [-0.3, -0.25) is 9.59 Å². The molecule has 6 heteroatoms. The van der Waals surface area contributed by atoms with Crippen LogP contribution in [-0.2, 0) is 4.79 Å². The lowest BCUT2D eigenvalue weighted by atomic mass is 9.95. The molecule has 0 aliphatic heterocycles. The molecule has 0 bridgehead atoms. The fraction of sp³-hybridized carbons (Fsp3) is 0.538. The maximum absolute atomic E-state index is 12.2. The lowest BCUT2D eigenvalue weighted by Crippen LogP contribution is -2.42. The predicted molar refractivity (Wildman–Crippen MR) is 77.5 cm³/mol. The largest absolute Gasteiger partial charge is 0.481 e. The topological polar surface area (TPSA) is 66.4 Å². The highest BCUT2D eigenvalue weighted by atomic mass is 79.9. The van der Waals surface area contributed by atoms with Crippen LogP contribution in [0.3, 0.4) is 0 Å². The summed E-state index contributed by atoms with van der Waals surface area (Å²) in [6, 6.07) is 1.56. The Morgan fingerprint density at radius 2 is 2.05 bits per heavy atom. The van der Waals surface area contributed by atoms with Gasteiger partial charge in [0.15, 0.2) is 0 Å². The second-order valence-corrected chi connectivity index (χ2v) is 6.53. The SMILES string of the molecule is O=C(N[C@@H]1CCCCC[C@H]1C(=O)O)c1sccc1Br. The lowest BCUT2D eigenvalue weighted by Gasteiger charge is -2.22. The molecule has 19 heavy (non-hydrogen) atoms. The Kier molecular flexibility index (Phi) is 4.99. The van der Waals surface area contributed by atoms with Crippen molar-refractivity contribution in [1.29, 1.82) is 0 Å². The first-order valence-electron chi connectivity index (χ1n) is 6.36. The van der Waals surface area contributed by atoms with Crippen LogP contribution in [0, 0.1) is 5.92 Å². The van der Waals surface area contributed by atoms with E-state index in [-0.39, 0.29) is 11.9 Å². The molecule has 1 aliphatic rings. The Labute approximate surface area is 124 Å². The summed E-state index contributed by atoms with van der Waals surface area (Å²) in [5, 5.41) is 14.0. The highest BCUT2D eigenvalue weighted by molar-refractivity contribution is 9.10. The summed E-state index contributed by atoms with van der Waals surface area (Å²) in [6.45, 7) is 0. The van der Waals surface area contributed by atoms with E-state index in [1.54, 1.807) is 0 Å². The Bertz CT molecular complexity index is 474. The van der Waals surface area contributed by atoms with Gasteiger partial charge in [-0.2, -0.15) is 0 Å². The zero-order valence-corrected chi connectivity index (χ0v) is 12.8. The third-order valence-electron chi connectivity index (χ3n) is 3.47. The van der Waals surface area contributed by atoms with Crippen LogP contribution in [0.1, 0.15) is 41.8 Å². The van der Waals surface area contributed by atoms with Gasteiger partial charge in [0, 0.05) is 10.5 Å². The summed E-state index contributed by atoms with van der Waals surface area (Å²) in [5.41, 5.74) is 0. The summed E-state index contributed by atoms with van der Waals surface area (Å²) in [7, 11) is 0. The van der Waals surface area contributed by atoms with Crippen molar-refractivity contribution in [2.45, 2.75) is 38.1 Å². The first-order chi connectivity index (χ1) is 9.09. The van der Waals surface area contributed by atoms with Gasteiger partial charge in [0.2, 0.25) is 0 Å². The Balaban J connectivity index is 2.08. The van der Waals surface area contributed by atoms with Crippen molar-refractivity contribution < 1.29 is 14.7 Å². The van der Waals surface area contributed by atoms with Gasteiger partial charge >= 0.3 is 5.97 Å². The summed E-state index contributed by atoms with van der Waals surface area (Å²) in [6.07, 6.45) is 4.32. The fourth-order valence-electron chi connectivity index (χ4n) is 2.47. The molecule has 1 fully saturated rings. The number of carboxylic acid groups (broad SMARTS) is 1. The highest BCUT2D eigenvalue weighted by Gasteiger charge is 2.31. The Morgan fingerprint density at radius 3 is 2.68 bits per heavy atom. The molecule has 0 spiro atoms. The van der Waals surface area contributed by atoms with E-state index in [9.17, 15) is 14.7 Å². The highest BCUT2D eigenvalue weighted by Crippen LogP contribution is 2.26. The number of hydrogen-bond acceptors (Lipinski definition) is 3. The van der Waals surface area contributed by atoms with E-state index < -0.39 is 11.9 Å². The molecule has 1 saturated carbocycles. The minimum absolute atomic E-state index is 0.181. The maximum Gasteiger partial charge on any atom is 0.308 e. The molecule has 2 atom stereocenters. The average Bonchev–Trinajstić information content (AvgIpc) is 2.65. The van der Waals surface area contributed by atoms with E-state index in [1.165, 1.54) is 11.3 Å². The van der Waals surface area contributed by atoms with E-state index in [2.05, 4.69) is 21.2 Å². The number of carbonyl (C=O) groups is 2. The fourth-order valence-corrected chi connectivity index (χ4v) is 3.92. The third kappa shape index (κ3) is 3.57. The van der Waals surface area contributed by atoms with E-state index in [4.69, 9.17) is 0 Å². The number of rotatable bonds is 3. The Morgan fingerprint density at radius 1 is 1.32 bits per heavy atom. The average molecular weight is 346 g/mol. The van der Waals surface area contributed by atoms with Gasteiger partial charge in [0.1, 0.15) is 4.88 Å². The molecule has 2 rings (SSSR count). The number of carboxylic acids is 1. The number of aliphatic carboxylic acids is 1. The van der Waals surface area contributed by atoms with Crippen molar-refractivity contribution >= 4 is 39.1 Å². The third-order valence-corrected chi connectivity index (χ3v) is 5.31. The normalized spacial score (nSPS) is 23.6. The minimum Gasteiger partial charge on any atom is -0.481 e. The molecule has 1 aliphatic carbocycles. The van der Waals surface area contributed by atoms with E-state index in [1.807, 2.05) is 11.4 Å². The molecule has 1 amide bonds. The number of halogens is 1. The molecule has 0 radical (unpaired) electrons. The first-order valence-corrected chi connectivity index (χ1v) is 8.03. The maximum atomic E-state index is 12.2. The second-order valence-electron chi connectivity index (χ2n) is 4.76. The van der Waals surface area contributed by atoms with Crippen molar-refractivity contribution in [1.82, 2.24) is 5.32 Å². The van der Waals surface area contributed by atoms with Gasteiger partial charge < -0.3 is 10.4 Å². The van der Waals surface area contributed by atoms with Crippen molar-refractivity contribution in [3.8, 4) is 0 Å². The van der Waals surface area contributed by atoms with Crippen LogP contribution in [0.2, 0.25) is 0 Å². The minimum atomic E-state index is -0.808. The molecule has 0 unspecified atom stereocenters. The summed E-state index contributed by atoms with van der Waals surface area (Å²) >= 11 is 4.68. The number of carbonyl (C=O) groups excluding carboxylic acids is 1. The number of nitrogens with one attached hydrogen (secondary N) is 1. The van der Waals surface area contributed by atoms with Crippen molar-refractivity contribution in [3.05, 3.63) is 20.8 Å². The van der Waals surface area contributed by atoms with E-state index in [0.29, 0.717) is 11.3 Å². The Hall–Kier alpha value is -0.880. The first kappa shape index (κ1) is 14.5. The molecular weight excluding hydrogens is 330 g/mol. The molecule has 104 valence electrons. The van der Waals surface area contributed by atoms with Crippen LogP contribution in [0.4, 0.5) is 0 Å². The van der Waals surface area contributed by atoms with Crippen LogP contribution in [0.15, 0.2) is 15.9 Å². The van der Waals surface area contributed by atoms with Gasteiger partial charge in [-0.05, 0) is 40.2 Å². The molecular formula is C13H16BrNO3S. The second kappa shape index (κ2) is 6.52. The summed E-state index contributed by atoms with van der Waals surface area (Å²) < 4.78 is 0.760. The van der Waals surface area contributed by atoms with Gasteiger partial charge in [-0.15, -0.1) is 11.3 Å². The molecule has 4 nitrogen and oxygen atoms in total. The van der Waals surface area contributed by atoms with Gasteiger partial charge in [0.25, 0.3) is 5.91 Å². The van der Waals surface area contributed by atoms with Gasteiger partial charge in [0.05, 0.1) is 5.92 Å². The number of thiophene rings is 1. The molecule has 2 N–H and O–H groups in total. The number of hydrogen-bond donors (Lipinski definition) is 2. The van der Waals surface area contributed by atoms with Crippen LogP contribution in [-0.4, -0.2) is 23.0 Å². The van der Waals surface area contributed by atoms with Crippen molar-refractivity contribution in [2.75, 3.05) is 0 Å². The van der Waals surface area contributed by atoms with Gasteiger partial charge in [-0.25, -0.2) is 0 Å². The summed E-state index contributed by atoms with van der Waals surface area (Å²) in [4.78, 5) is 24.1. The van der Waals surface area contributed by atoms with E-state index in [0.717, 1.165) is 30.2 Å². The van der Waals surface area contributed by atoms with Crippen LogP contribution >= 0.6 is 27.3 Å². The molecule has 0 aromatic carbocycles. The number of amides is 1. The standard InChI is InChI=1S/C13H16BrNO3S/c14-9-6-7-19-11(9)12(16)15-10-5-3-1-2-4-8(10)13(17)18/h6-8,10H,1-5H2,(H,15,16)(H,17,18)/t8-,10-/m1/s1. The molecule has 1 aromatic rings. The molecule has 1 aromatic heterocycles. The summed E-state index contributed by atoms with van der Waals surface area (Å²) in [5.74, 6) is -1.46. The monoisotopic (exact) mass is 345 g/mol. The van der Waals surface area contributed by atoms with Crippen molar-refractivity contribution in [3.63, 3.8) is 0 Å². The zero-order valence-electron chi connectivity index (χ0n) is 10.4. The van der Waals surface area contributed by atoms with Crippen LogP contribution < -0.4 is 5.32 Å². The lowest BCUT2D eigenvalue weighted by molar-refractivity contribution is -0.142. The predicted octanol–water partition coefficient (Wildman–Crippen LogP) is 3.27. The quantitative estimate of drug-likeness (QED) is 0.826. The van der Waals surface area contributed by atoms with E-state index >= 15 is 0 Å². The van der Waals surface area contributed by atoms with Crippen molar-refractivity contribution in [2.24, 2.45) is 5.92 Å². The molecule has 1 heterocycles. The van der Waals surface area contributed by atoms with Crippen LogP contribution in [0.25, 0.3) is 0 Å². The smallest absolute Gasteiger partial charge is 0.308 e. The molecule has 0 saturated heterocycles.